The second-order valence-electron chi connectivity index (χ2n) is 5.06. The first kappa shape index (κ1) is 15.5. The summed E-state index contributed by atoms with van der Waals surface area (Å²) in [5.41, 5.74) is 8.46. The van der Waals surface area contributed by atoms with Crippen LogP contribution in [0.3, 0.4) is 0 Å². The smallest absolute Gasteiger partial charge is 0.243 e. The molecule has 0 aliphatic rings. The molecule has 1 atom stereocenters. The van der Waals surface area contributed by atoms with E-state index in [1.54, 1.807) is 38.4 Å². The maximum absolute atomic E-state index is 12.6. The monoisotopic (exact) mass is 305 g/mol. The highest BCUT2D eigenvalue weighted by atomic mass is 32.2. The zero-order chi connectivity index (χ0) is 15.6. The largest absolute Gasteiger partial charge is 0.398 e. The lowest BCUT2D eigenvalue weighted by Gasteiger charge is -2.17. The number of rotatable bonds is 4. The predicted molar refractivity (Wildman–Crippen MR) is 83.3 cm³/mol. The van der Waals surface area contributed by atoms with Gasteiger partial charge in [-0.25, -0.2) is 13.1 Å². The van der Waals surface area contributed by atoms with Gasteiger partial charge in [0.1, 0.15) is 4.90 Å². The molecule has 2 aromatic rings. The Kier molecular flexibility index (Phi) is 4.29. The Labute approximate surface area is 125 Å². The molecule has 0 fully saturated rings. The average molecular weight is 305 g/mol. The lowest BCUT2D eigenvalue weighted by molar-refractivity contribution is 0.566. The summed E-state index contributed by atoms with van der Waals surface area (Å²) in [5.74, 6) is 0. The maximum atomic E-state index is 12.6. The minimum atomic E-state index is -3.69. The van der Waals surface area contributed by atoms with Crippen LogP contribution in [0.2, 0.25) is 0 Å². The molecule has 0 spiro atoms. The fourth-order valence-electron chi connectivity index (χ4n) is 2.16. The van der Waals surface area contributed by atoms with Crippen LogP contribution >= 0.6 is 0 Å². The zero-order valence-electron chi connectivity index (χ0n) is 12.3. The normalized spacial score (nSPS) is 13.1. The number of nitrogens with zero attached hydrogens (tertiary/aromatic N) is 1. The van der Waals surface area contributed by atoms with Gasteiger partial charge in [0.25, 0.3) is 0 Å². The molecule has 0 saturated carbocycles. The van der Waals surface area contributed by atoms with E-state index in [4.69, 9.17) is 5.73 Å². The van der Waals surface area contributed by atoms with E-state index < -0.39 is 10.0 Å². The molecule has 1 aromatic heterocycles. The lowest BCUT2D eigenvalue weighted by Crippen LogP contribution is -2.28. The van der Waals surface area contributed by atoms with Gasteiger partial charge in [-0.1, -0.05) is 12.1 Å². The topological polar surface area (TPSA) is 85.1 Å². The molecule has 0 bridgehead atoms. The molecule has 3 N–H and O–H groups in total. The van der Waals surface area contributed by atoms with Gasteiger partial charge < -0.3 is 5.73 Å². The van der Waals surface area contributed by atoms with Crippen molar-refractivity contribution in [3.05, 3.63) is 53.3 Å². The molecule has 1 heterocycles. The van der Waals surface area contributed by atoms with E-state index in [2.05, 4.69) is 9.71 Å². The Morgan fingerprint density at radius 2 is 1.95 bits per heavy atom. The Hall–Kier alpha value is -1.92. The van der Waals surface area contributed by atoms with Gasteiger partial charge in [-0.3, -0.25) is 4.98 Å². The second-order valence-corrected chi connectivity index (χ2v) is 6.71. The highest BCUT2D eigenvalue weighted by Crippen LogP contribution is 2.26. The van der Waals surface area contributed by atoms with Crippen LogP contribution in [0.4, 0.5) is 5.69 Å². The van der Waals surface area contributed by atoms with Crippen LogP contribution in [0, 0.1) is 13.8 Å². The molecule has 0 aliphatic carbocycles. The maximum Gasteiger partial charge on any atom is 0.243 e. The van der Waals surface area contributed by atoms with E-state index in [0.29, 0.717) is 5.56 Å². The van der Waals surface area contributed by atoms with E-state index in [1.165, 1.54) is 0 Å². The van der Waals surface area contributed by atoms with E-state index >= 15 is 0 Å². The highest BCUT2D eigenvalue weighted by Gasteiger charge is 2.23. The number of hydrogen-bond acceptors (Lipinski definition) is 4. The number of pyridine rings is 1. The molecule has 0 amide bonds. The summed E-state index contributed by atoms with van der Waals surface area (Å²) in [7, 11) is -3.69. The van der Waals surface area contributed by atoms with Gasteiger partial charge in [0.05, 0.1) is 5.69 Å². The zero-order valence-corrected chi connectivity index (χ0v) is 13.1. The van der Waals surface area contributed by atoms with Crippen LogP contribution in [0.25, 0.3) is 0 Å². The molecule has 5 nitrogen and oxygen atoms in total. The molecule has 112 valence electrons. The quantitative estimate of drug-likeness (QED) is 0.849. The van der Waals surface area contributed by atoms with Crippen molar-refractivity contribution in [1.82, 2.24) is 9.71 Å². The SMILES string of the molecule is Cc1ccc(N)c(S(=O)(=O)NC(C)c2cccnc2)c1C. The van der Waals surface area contributed by atoms with Gasteiger partial charge in [-0.15, -0.1) is 0 Å². The summed E-state index contributed by atoms with van der Waals surface area (Å²) in [6.45, 7) is 5.39. The number of nitrogens with one attached hydrogen (secondary N) is 1. The number of aromatic nitrogens is 1. The third-order valence-corrected chi connectivity index (χ3v) is 5.24. The van der Waals surface area contributed by atoms with Crippen molar-refractivity contribution in [2.24, 2.45) is 0 Å². The van der Waals surface area contributed by atoms with Crippen molar-refractivity contribution >= 4 is 15.7 Å². The molecule has 6 heteroatoms. The fraction of sp³-hybridized carbons (Fsp3) is 0.267. The Morgan fingerprint density at radius 1 is 1.24 bits per heavy atom. The molecule has 2 rings (SSSR count). The number of anilines is 1. The summed E-state index contributed by atoms with van der Waals surface area (Å²) in [4.78, 5) is 4.15. The molecule has 0 saturated heterocycles. The van der Waals surface area contributed by atoms with Gasteiger partial charge >= 0.3 is 0 Å². The van der Waals surface area contributed by atoms with Gasteiger partial charge in [0.15, 0.2) is 0 Å². The van der Waals surface area contributed by atoms with Crippen molar-refractivity contribution in [2.45, 2.75) is 31.7 Å². The highest BCUT2D eigenvalue weighted by molar-refractivity contribution is 7.89. The summed E-state index contributed by atoms with van der Waals surface area (Å²) >= 11 is 0. The molecular weight excluding hydrogens is 286 g/mol. The summed E-state index contributed by atoms with van der Waals surface area (Å²) in [6.07, 6.45) is 3.28. The van der Waals surface area contributed by atoms with Crippen LogP contribution in [-0.4, -0.2) is 13.4 Å². The van der Waals surface area contributed by atoms with E-state index in [9.17, 15) is 8.42 Å². The van der Waals surface area contributed by atoms with Crippen LogP contribution in [-0.2, 0) is 10.0 Å². The van der Waals surface area contributed by atoms with Gasteiger partial charge in [0.2, 0.25) is 10.0 Å². The Bertz CT molecular complexity index is 743. The number of benzene rings is 1. The minimum absolute atomic E-state index is 0.151. The summed E-state index contributed by atoms with van der Waals surface area (Å²) < 4.78 is 27.8. The standard InChI is InChI=1S/C15H19N3O2S/c1-10-6-7-14(16)15(11(10)2)21(19,20)18-12(3)13-5-4-8-17-9-13/h4-9,12,18H,16H2,1-3H3. The van der Waals surface area contributed by atoms with Gasteiger partial charge in [-0.2, -0.15) is 0 Å². The Balaban J connectivity index is 2.38. The van der Waals surface area contributed by atoms with E-state index in [1.807, 2.05) is 19.1 Å². The van der Waals surface area contributed by atoms with E-state index in [0.717, 1.165) is 11.1 Å². The van der Waals surface area contributed by atoms with Gasteiger partial charge in [-0.05, 0) is 49.6 Å². The first-order valence-corrected chi connectivity index (χ1v) is 8.09. The van der Waals surface area contributed by atoms with Crippen LogP contribution < -0.4 is 10.5 Å². The summed E-state index contributed by atoms with van der Waals surface area (Å²) in [6, 6.07) is 6.64. The van der Waals surface area contributed by atoms with E-state index in [-0.39, 0.29) is 16.6 Å². The van der Waals surface area contributed by atoms with Crippen molar-refractivity contribution in [3.63, 3.8) is 0 Å². The minimum Gasteiger partial charge on any atom is -0.398 e. The Morgan fingerprint density at radius 3 is 2.57 bits per heavy atom. The van der Waals surface area contributed by atoms with Crippen molar-refractivity contribution < 1.29 is 8.42 Å². The van der Waals surface area contributed by atoms with Crippen LogP contribution in [0.5, 0.6) is 0 Å². The lowest BCUT2D eigenvalue weighted by atomic mass is 10.1. The molecule has 0 aliphatic heterocycles. The van der Waals surface area contributed by atoms with Crippen LogP contribution in [0.1, 0.15) is 29.7 Å². The van der Waals surface area contributed by atoms with Crippen molar-refractivity contribution in [3.8, 4) is 0 Å². The molecule has 1 unspecified atom stereocenters. The number of nitrogens with two attached hydrogens (primary N) is 1. The molecule has 1 aromatic carbocycles. The number of hydrogen-bond donors (Lipinski definition) is 2. The van der Waals surface area contributed by atoms with Crippen LogP contribution in [0.15, 0.2) is 41.6 Å². The summed E-state index contributed by atoms with van der Waals surface area (Å²) in [5, 5.41) is 0. The fourth-order valence-corrected chi connectivity index (χ4v) is 3.82. The molecular formula is C15H19N3O2S. The number of aryl methyl sites for hydroxylation is 1. The third kappa shape index (κ3) is 3.22. The average Bonchev–Trinajstić information content (AvgIpc) is 2.43. The van der Waals surface area contributed by atoms with Crippen molar-refractivity contribution in [2.75, 3.05) is 5.73 Å². The molecule has 21 heavy (non-hydrogen) atoms. The number of nitrogen functional groups attached to an aromatic ring is 1. The second kappa shape index (κ2) is 5.83. The first-order chi connectivity index (χ1) is 9.83. The third-order valence-electron chi connectivity index (χ3n) is 3.49. The first-order valence-electron chi connectivity index (χ1n) is 6.61. The predicted octanol–water partition coefficient (Wildman–Crippen LogP) is 2.32. The van der Waals surface area contributed by atoms with Crippen molar-refractivity contribution in [1.29, 1.82) is 0 Å². The number of sulfonamides is 1. The molecule has 0 radical (unpaired) electrons. The van der Waals surface area contributed by atoms with Gasteiger partial charge in [0, 0.05) is 18.4 Å².